The van der Waals surface area contributed by atoms with Gasteiger partial charge in [0.2, 0.25) is 0 Å². The lowest BCUT2D eigenvalue weighted by Crippen LogP contribution is -2.24. The van der Waals surface area contributed by atoms with Crippen LogP contribution in [0.25, 0.3) is 5.69 Å². The number of amides is 1. The minimum atomic E-state index is 0.0549. The topological polar surface area (TPSA) is 38.1 Å². The minimum Gasteiger partial charge on any atom is -0.336 e. The smallest absolute Gasteiger partial charge is 0.256 e. The molecule has 0 saturated heterocycles. The number of fused-ring (bicyclic) bond motifs is 3. The lowest BCUT2D eigenvalue weighted by Gasteiger charge is -2.13. The van der Waals surface area contributed by atoms with Gasteiger partial charge in [-0.15, -0.1) is 0 Å². The van der Waals surface area contributed by atoms with E-state index in [9.17, 15) is 4.79 Å². The van der Waals surface area contributed by atoms with Crippen LogP contribution in [0, 0.1) is 0 Å². The molecule has 3 rings (SSSR count). The molecule has 1 aromatic heterocycles. The van der Waals surface area contributed by atoms with Crippen LogP contribution < -0.4 is 0 Å². The highest BCUT2D eigenvalue weighted by Gasteiger charge is 2.22. The van der Waals surface area contributed by atoms with Gasteiger partial charge in [0.25, 0.3) is 5.91 Å². The van der Waals surface area contributed by atoms with Crippen molar-refractivity contribution in [1.29, 1.82) is 0 Å². The number of benzene rings is 1. The Balaban J connectivity index is 2.32. The van der Waals surface area contributed by atoms with E-state index < -0.39 is 0 Å². The first-order valence-electron chi connectivity index (χ1n) is 5.13. The fraction of sp³-hybridized carbons (Fsp3) is 0.167. The van der Waals surface area contributed by atoms with Crippen molar-refractivity contribution in [2.75, 3.05) is 7.05 Å². The van der Waals surface area contributed by atoms with E-state index in [1.165, 1.54) is 0 Å². The molecule has 1 amide bonds. The zero-order valence-corrected chi connectivity index (χ0v) is 8.92. The second kappa shape index (κ2) is 3.20. The van der Waals surface area contributed by atoms with Crippen LogP contribution in [0.3, 0.4) is 0 Å². The van der Waals surface area contributed by atoms with Crippen molar-refractivity contribution < 1.29 is 4.79 Å². The molecule has 2 heterocycles. The summed E-state index contributed by atoms with van der Waals surface area (Å²) < 4.78 is 1.97. The van der Waals surface area contributed by atoms with Gasteiger partial charge in [0.1, 0.15) is 0 Å². The molecule has 0 fully saturated rings. The van der Waals surface area contributed by atoms with E-state index in [2.05, 4.69) is 4.98 Å². The van der Waals surface area contributed by atoms with Gasteiger partial charge in [-0.2, -0.15) is 0 Å². The van der Waals surface area contributed by atoms with E-state index in [-0.39, 0.29) is 5.91 Å². The van der Waals surface area contributed by atoms with Crippen molar-refractivity contribution >= 4 is 5.91 Å². The first-order chi connectivity index (χ1) is 7.77. The number of carbonyl (C=O) groups is 1. The normalized spacial score (nSPS) is 14.3. The molecule has 0 N–H and O–H groups in total. The number of aromatic nitrogens is 2. The average molecular weight is 213 g/mol. The van der Waals surface area contributed by atoms with Crippen molar-refractivity contribution in [2.24, 2.45) is 0 Å². The number of imidazole rings is 1. The SMILES string of the molecule is CN1Cc2cncn2-c2ccccc2C1=O. The molecule has 16 heavy (non-hydrogen) atoms. The fourth-order valence-corrected chi connectivity index (χ4v) is 2.04. The van der Waals surface area contributed by atoms with Gasteiger partial charge in [-0.1, -0.05) is 12.1 Å². The van der Waals surface area contributed by atoms with E-state index in [1.54, 1.807) is 17.4 Å². The predicted octanol–water partition coefficient (Wildman–Crippen LogP) is 1.46. The lowest BCUT2D eigenvalue weighted by molar-refractivity contribution is 0.0788. The third-order valence-corrected chi connectivity index (χ3v) is 2.85. The third kappa shape index (κ3) is 1.16. The summed E-state index contributed by atoms with van der Waals surface area (Å²) in [6, 6.07) is 7.61. The van der Waals surface area contributed by atoms with Crippen molar-refractivity contribution in [3.05, 3.63) is 48.0 Å². The molecule has 0 radical (unpaired) electrons. The number of hydrogen-bond donors (Lipinski definition) is 0. The van der Waals surface area contributed by atoms with Crippen LogP contribution in [0.1, 0.15) is 16.1 Å². The number of carbonyl (C=O) groups excluding carboxylic acids is 1. The Morgan fingerprint density at radius 1 is 1.31 bits per heavy atom. The van der Waals surface area contributed by atoms with Gasteiger partial charge < -0.3 is 9.47 Å². The second-order valence-corrected chi connectivity index (χ2v) is 3.93. The first kappa shape index (κ1) is 9.15. The van der Waals surface area contributed by atoms with E-state index in [0.29, 0.717) is 6.54 Å². The molecule has 0 atom stereocenters. The van der Waals surface area contributed by atoms with Crippen LogP contribution in [-0.2, 0) is 6.54 Å². The fourth-order valence-electron chi connectivity index (χ4n) is 2.04. The number of nitrogens with zero attached hydrogens (tertiary/aromatic N) is 3. The molecule has 0 unspecified atom stereocenters. The molecule has 4 nitrogen and oxygen atoms in total. The van der Waals surface area contributed by atoms with Crippen LogP contribution in [0.4, 0.5) is 0 Å². The average Bonchev–Trinajstić information content (AvgIpc) is 2.72. The van der Waals surface area contributed by atoms with E-state index in [1.807, 2.05) is 35.9 Å². The summed E-state index contributed by atoms with van der Waals surface area (Å²) in [5.74, 6) is 0.0549. The summed E-state index contributed by atoms with van der Waals surface area (Å²) in [5.41, 5.74) is 2.66. The highest BCUT2D eigenvalue weighted by Crippen LogP contribution is 2.22. The summed E-state index contributed by atoms with van der Waals surface area (Å²) in [6.45, 7) is 0.591. The maximum absolute atomic E-state index is 12.1. The second-order valence-electron chi connectivity index (χ2n) is 3.93. The monoisotopic (exact) mass is 213 g/mol. The molecule has 1 aromatic carbocycles. The van der Waals surface area contributed by atoms with Crippen LogP contribution in [0.15, 0.2) is 36.8 Å². The summed E-state index contributed by atoms with van der Waals surface area (Å²) in [5, 5.41) is 0. The van der Waals surface area contributed by atoms with Crippen molar-refractivity contribution in [2.45, 2.75) is 6.54 Å². The molecule has 1 aliphatic rings. The van der Waals surface area contributed by atoms with E-state index >= 15 is 0 Å². The lowest BCUT2D eigenvalue weighted by atomic mass is 10.1. The molecule has 80 valence electrons. The molecule has 0 spiro atoms. The Morgan fingerprint density at radius 3 is 3.00 bits per heavy atom. The van der Waals surface area contributed by atoms with E-state index in [4.69, 9.17) is 0 Å². The summed E-state index contributed by atoms with van der Waals surface area (Å²) in [4.78, 5) is 17.9. The van der Waals surface area contributed by atoms with Crippen LogP contribution in [0.5, 0.6) is 0 Å². The molecule has 1 aliphatic heterocycles. The van der Waals surface area contributed by atoms with Crippen LogP contribution in [-0.4, -0.2) is 27.4 Å². The molecule has 4 heteroatoms. The van der Waals surface area contributed by atoms with Crippen molar-refractivity contribution in [3.8, 4) is 5.69 Å². The minimum absolute atomic E-state index is 0.0549. The summed E-state index contributed by atoms with van der Waals surface area (Å²) >= 11 is 0. The summed E-state index contributed by atoms with van der Waals surface area (Å²) in [7, 11) is 1.81. The number of para-hydroxylation sites is 1. The first-order valence-corrected chi connectivity index (χ1v) is 5.13. The predicted molar refractivity (Wildman–Crippen MR) is 59.4 cm³/mol. The van der Waals surface area contributed by atoms with Crippen LogP contribution >= 0.6 is 0 Å². The van der Waals surface area contributed by atoms with Crippen molar-refractivity contribution in [1.82, 2.24) is 14.5 Å². The molecule has 0 aliphatic carbocycles. The quantitative estimate of drug-likeness (QED) is 0.664. The Morgan fingerprint density at radius 2 is 2.12 bits per heavy atom. The highest BCUT2D eigenvalue weighted by molar-refractivity contribution is 5.98. The number of rotatable bonds is 0. The van der Waals surface area contributed by atoms with Gasteiger partial charge in [-0.3, -0.25) is 4.79 Å². The molecule has 2 aromatic rings. The summed E-state index contributed by atoms with van der Waals surface area (Å²) in [6.07, 6.45) is 3.55. The Kier molecular flexibility index (Phi) is 1.83. The van der Waals surface area contributed by atoms with Crippen LogP contribution in [0.2, 0.25) is 0 Å². The van der Waals surface area contributed by atoms with Gasteiger partial charge in [0.15, 0.2) is 0 Å². The standard InChI is InChI=1S/C12H11N3O/c1-14-7-9-6-13-8-15(9)11-5-3-2-4-10(11)12(14)16/h2-6,8H,7H2,1H3. The molecular formula is C12H11N3O. The van der Waals surface area contributed by atoms with Crippen molar-refractivity contribution in [3.63, 3.8) is 0 Å². The molecular weight excluding hydrogens is 202 g/mol. The Labute approximate surface area is 93.1 Å². The Bertz CT molecular complexity index is 559. The van der Waals surface area contributed by atoms with Gasteiger partial charge in [-0.25, -0.2) is 4.98 Å². The van der Waals surface area contributed by atoms with Gasteiger partial charge in [0.05, 0.1) is 36.0 Å². The zero-order valence-electron chi connectivity index (χ0n) is 8.92. The number of hydrogen-bond acceptors (Lipinski definition) is 2. The third-order valence-electron chi connectivity index (χ3n) is 2.85. The van der Waals surface area contributed by atoms with Gasteiger partial charge >= 0.3 is 0 Å². The maximum Gasteiger partial charge on any atom is 0.256 e. The van der Waals surface area contributed by atoms with Gasteiger partial charge in [-0.05, 0) is 12.1 Å². The molecule has 0 bridgehead atoms. The molecule has 0 saturated carbocycles. The highest BCUT2D eigenvalue weighted by atomic mass is 16.2. The Hall–Kier alpha value is -2.10. The van der Waals surface area contributed by atoms with E-state index in [0.717, 1.165) is 16.9 Å². The largest absolute Gasteiger partial charge is 0.336 e. The van der Waals surface area contributed by atoms with Gasteiger partial charge in [0, 0.05) is 7.05 Å². The maximum atomic E-state index is 12.1. The zero-order chi connectivity index (χ0) is 11.1.